The highest BCUT2D eigenvalue weighted by Crippen LogP contribution is 2.39. The van der Waals surface area contributed by atoms with E-state index in [0.29, 0.717) is 0 Å². The zero-order valence-electron chi connectivity index (χ0n) is 18.1. The highest BCUT2D eigenvalue weighted by atomic mass is 14.2. The van der Waals surface area contributed by atoms with E-state index in [-0.39, 0.29) is 0 Å². The molecule has 0 heteroatoms. The largest absolute Gasteiger partial charge is 0.0610 e. The Balaban J connectivity index is 1.41. The number of hydrogen-bond donors (Lipinski definition) is 0. The van der Waals surface area contributed by atoms with E-state index in [4.69, 9.17) is 0 Å². The Hall–Kier alpha value is -4.16. The Morgan fingerprint density at radius 1 is 0.303 bits per heavy atom. The van der Waals surface area contributed by atoms with Crippen molar-refractivity contribution < 1.29 is 0 Å². The van der Waals surface area contributed by atoms with Crippen molar-refractivity contribution in [2.24, 2.45) is 0 Å². The van der Waals surface area contributed by atoms with Crippen molar-refractivity contribution >= 4 is 64.6 Å². The predicted octanol–water partition coefficient (Wildman–Crippen LogP) is 9.07. The Bertz CT molecular complexity index is 1810. The zero-order chi connectivity index (χ0) is 21.5. The monoisotopic (exact) mass is 416 g/mol. The van der Waals surface area contributed by atoms with E-state index in [9.17, 15) is 0 Å². The van der Waals surface area contributed by atoms with Gasteiger partial charge in [-0.2, -0.15) is 0 Å². The lowest BCUT2D eigenvalue weighted by molar-refractivity contribution is 1.24. The van der Waals surface area contributed by atoms with Crippen LogP contribution in [0.4, 0.5) is 0 Å². The summed E-state index contributed by atoms with van der Waals surface area (Å²) in [5.74, 6) is 0. The second-order valence-corrected chi connectivity index (χ2v) is 9.34. The zero-order valence-corrected chi connectivity index (χ0v) is 18.1. The van der Waals surface area contributed by atoms with Crippen LogP contribution in [-0.4, -0.2) is 0 Å². The molecule has 0 aliphatic carbocycles. The molecule has 152 valence electrons. The van der Waals surface area contributed by atoms with E-state index in [2.05, 4.69) is 109 Å². The minimum atomic E-state index is 0.933. The first-order valence-corrected chi connectivity index (χ1v) is 11.7. The van der Waals surface area contributed by atoms with Crippen LogP contribution in [0, 0.1) is 0 Å². The molecule has 8 rings (SSSR count). The number of benzene rings is 8. The Kier molecular flexibility index (Phi) is 3.27. The molecule has 0 nitrogen and oxygen atoms in total. The first-order valence-electron chi connectivity index (χ1n) is 11.7. The minimum Gasteiger partial charge on any atom is -0.0610 e. The smallest absolute Gasteiger partial charge is 0.00134 e. The van der Waals surface area contributed by atoms with Crippen molar-refractivity contribution in [3.63, 3.8) is 0 Å². The van der Waals surface area contributed by atoms with Crippen molar-refractivity contribution in [2.45, 2.75) is 6.42 Å². The summed E-state index contributed by atoms with van der Waals surface area (Å²) in [6, 6.07) is 40.8. The molecule has 0 heterocycles. The third kappa shape index (κ3) is 2.30. The van der Waals surface area contributed by atoms with Crippen LogP contribution < -0.4 is 0 Å². The van der Waals surface area contributed by atoms with Crippen LogP contribution in [0.15, 0.2) is 109 Å². The molecule has 0 amide bonds. The second-order valence-electron chi connectivity index (χ2n) is 9.34. The molecule has 8 aromatic carbocycles. The van der Waals surface area contributed by atoms with E-state index in [1.54, 1.807) is 0 Å². The maximum Gasteiger partial charge on any atom is -0.00134 e. The molecule has 0 unspecified atom stereocenters. The van der Waals surface area contributed by atoms with Gasteiger partial charge in [-0.3, -0.25) is 0 Å². The van der Waals surface area contributed by atoms with Gasteiger partial charge in [0.1, 0.15) is 0 Å². The molecule has 0 atom stereocenters. The summed E-state index contributed by atoms with van der Waals surface area (Å²) in [4.78, 5) is 0. The van der Waals surface area contributed by atoms with Crippen LogP contribution in [-0.2, 0) is 6.42 Å². The van der Waals surface area contributed by atoms with Gasteiger partial charge in [0.2, 0.25) is 0 Å². The van der Waals surface area contributed by atoms with Gasteiger partial charge >= 0.3 is 0 Å². The van der Waals surface area contributed by atoms with Gasteiger partial charge < -0.3 is 0 Å². The molecule has 0 radical (unpaired) electrons. The summed E-state index contributed by atoms with van der Waals surface area (Å²) < 4.78 is 0. The maximum absolute atomic E-state index is 2.33. The van der Waals surface area contributed by atoms with E-state index < -0.39 is 0 Å². The van der Waals surface area contributed by atoms with E-state index in [0.717, 1.165) is 6.42 Å². The molecule has 0 saturated heterocycles. The van der Waals surface area contributed by atoms with E-state index >= 15 is 0 Å². The van der Waals surface area contributed by atoms with Gasteiger partial charge in [-0.15, -0.1) is 0 Å². The van der Waals surface area contributed by atoms with Crippen LogP contribution in [0.25, 0.3) is 64.6 Å². The molecular weight excluding hydrogens is 396 g/mol. The van der Waals surface area contributed by atoms with Crippen molar-refractivity contribution in [1.82, 2.24) is 0 Å². The molecule has 0 aliphatic rings. The molecule has 0 aliphatic heterocycles. The van der Waals surface area contributed by atoms with Crippen LogP contribution in [0.3, 0.4) is 0 Å². The fraction of sp³-hybridized carbons (Fsp3) is 0.0303. The van der Waals surface area contributed by atoms with Gasteiger partial charge in [0.25, 0.3) is 0 Å². The van der Waals surface area contributed by atoms with Gasteiger partial charge in [0.05, 0.1) is 0 Å². The fourth-order valence-electron chi connectivity index (χ4n) is 6.10. The van der Waals surface area contributed by atoms with E-state index in [1.165, 1.54) is 75.8 Å². The molecular formula is C33H20. The maximum atomic E-state index is 2.33. The summed E-state index contributed by atoms with van der Waals surface area (Å²) in [5, 5.41) is 16.3. The third-order valence-corrected chi connectivity index (χ3v) is 7.62. The Morgan fingerprint density at radius 3 is 1.06 bits per heavy atom. The second kappa shape index (κ2) is 6.21. The summed E-state index contributed by atoms with van der Waals surface area (Å²) in [6.45, 7) is 0. The first-order chi connectivity index (χ1) is 16.3. The van der Waals surface area contributed by atoms with Gasteiger partial charge in [-0.05, 0) is 82.2 Å². The summed E-state index contributed by atoms with van der Waals surface area (Å²) in [5.41, 5.74) is 2.80. The summed E-state index contributed by atoms with van der Waals surface area (Å²) >= 11 is 0. The Labute approximate surface area is 191 Å². The van der Waals surface area contributed by atoms with Crippen LogP contribution in [0.1, 0.15) is 11.1 Å². The first kappa shape index (κ1) is 17.4. The van der Waals surface area contributed by atoms with Crippen molar-refractivity contribution in [1.29, 1.82) is 0 Å². The van der Waals surface area contributed by atoms with Gasteiger partial charge in [0.15, 0.2) is 0 Å². The lowest BCUT2D eigenvalue weighted by atomic mass is 9.87. The molecule has 0 N–H and O–H groups in total. The van der Waals surface area contributed by atoms with E-state index in [1.807, 2.05) is 0 Å². The summed E-state index contributed by atoms with van der Waals surface area (Å²) in [6.07, 6.45) is 0.933. The lowest BCUT2D eigenvalue weighted by Crippen LogP contribution is -1.94. The highest BCUT2D eigenvalue weighted by Gasteiger charge is 2.14. The van der Waals surface area contributed by atoms with Crippen molar-refractivity contribution in [3.8, 4) is 0 Å². The van der Waals surface area contributed by atoms with Crippen LogP contribution >= 0.6 is 0 Å². The molecule has 0 saturated carbocycles. The lowest BCUT2D eigenvalue weighted by Gasteiger charge is -2.16. The van der Waals surface area contributed by atoms with Gasteiger partial charge in [0, 0.05) is 0 Å². The van der Waals surface area contributed by atoms with Gasteiger partial charge in [-0.25, -0.2) is 0 Å². The molecule has 33 heavy (non-hydrogen) atoms. The topological polar surface area (TPSA) is 0 Å². The van der Waals surface area contributed by atoms with Gasteiger partial charge in [-0.1, -0.05) is 109 Å². The molecule has 0 bridgehead atoms. The molecule has 0 fully saturated rings. The SMILES string of the molecule is c1cc2ccc3ccc(Cc4ccc5ccc6cccc7ccc4c5c67)c4ccc(c1)c2c34. The third-order valence-electron chi connectivity index (χ3n) is 7.62. The predicted molar refractivity (Wildman–Crippen MR) is 143 cm³/mol. The Morgan fingerprint density at radius 2 is 0.636 bits per heavy atom. The normalized spacial score (nSPS) is 12.4. The van der Waals surface area contributed by atoms with Crippen molar-refractivity contribution in [2.75, 3.05) is 0 Å². The average Bonchev–Trinajstić information content (AvgIpc) is 2.87. The molecule has 8 aromatic rings. The van der Waals surface area contributed by atoms with Crippen LogP contribution in [0.2, 0.25) is 0 Å². The minimum absolute atomic E-state index is 0.933. The standard InChI is InChI=1S/C33H20/c1-3-20-7-9-24-11-13-26(28-17-15-22(5-1)30(20)32(24)28)19-27-14-12-25-10-8-21-4-2-6-23-16-18-29(27)33(25)31(21)23/h1-18H,19H2. The fourth-order valence-corrected chi connectivity index (χ4v) is 6.10. The van der Waals surface area contributed by atoms with Crippen LogP contribution in [0.5, 0.6) is 0 Å². The highest BCUT2D eigenvalue weighted by molar-refractivity contribution is 6.25. The quantitative estimate of drug-likeness (QED) is 0.247. The van der Waals surface area contributed by atoms with Crippen molar-refractivity contribution in [3.05, 3.63) is 120 Å². The summed E-state index contributed by atoms with van der Waals surface area (Å²) in [7, 11) is 0. The number of hydrogen-bond acceptors (Lipinski definition) is 0. The molecule has 0 spiro atoms. The average molecular weight is 417 g/mol. The number of rotatable bonds is 2. The molecule has 0 aromatic heterocycles.